The van der Waals surface area contributed by atoms with E-state index in [-0.39, 0.29) is 18.0 Å². The predicted octanol–water partition coefficient (Wildman–Crippen LogP) is 6.98. The second kappa shape index (κ2) is 10.2. The summed E-state index contributed by atoms with van der Waals surface area (Å²) in [7, 11) is 0. The second-order valence-corrected chi connectivity index (χ2v) is 9.97. The maximum atomic E-state index is 6.53. The predicted molar refractivity (Wildman–Crippen MR) is 143 cm³/mol. The summed E-state index contributed by atoms with van der Waals surface area (Å²) < 4.78 is 0. The largest absolute Gasteiger partial charge is 0.324 e. The molecule has 3 aliphatic rings. The third-order valence-electron chi connectivity index (χ3n) is 7.71. The van der Waals surface area contributed by atoms with E-state index in [9.17, 15) is 0 Å². The molecule has 4 rings (SSSR count). The van der Waals surface area contributed by atoms with Crippen LogP contribution in [0.1, 0.15) is 70.4 Å². The van der Waals surface area contributed by atoms with Crippen molar-refractivity contribution in [2.45, 2.75) is 71.4 Å². The maximum Gasteiger partial charge on any atom is 0.0333 e. The molecule has 0 radical (unpaired) electrons. The molecule has 3 aliphatic carbocycles. The maximum absolute atomic E-state index is 6.53. The number of hydrogen-bond acceptors (Lipinski definition) is 2. The Balaban J connectivity index is 1.79. The molecule has 0 aliphatic heterocycles. The summed E-state index contributed by atoms with van der Waals surface area (Å²) in [4.78, 5) is 0. The highest BCUT2D eigenvalue weighted by Crippen LogP contribution is 2.41. The van der Waals surface area contributed by atoms with Gasteiger partial charge in [-0.2, -0.15) is 0 Å². The Hall–Kier alpha value is -2.42. The van der Waals surface area contributed by atoms with Gasteiger partial charge in [-0.15, -0.1) is 0 Å². The lowest BCUT2D eigenvalue weighted by atomic mass is 9.73. The Morgan fingerprint density at radius 3 is 2.30 bits per heavy atom. The molecule has 0 aromatic heterocycles. The second-order valence-electron chi connectivity index (χ2n) is 9.97. The lowest BCUT2D eigenvalue weighted by Gasteiger charge is -2.33. The normalized spacial score (nSPS) is 28.4. The van der Waals surface area contributed by atoms with E-state index in [1.54, 1.807) is 0 Å². The van der Waals surface area contributed by atoms with Crippen molar-refractivity contribution < 1.29 is 0 Å². The van der Waals surface area contributed by atoms with Gasteiger partial charge in [-0.25, -0.2) is 0 Å². The number of hydrogen-bond donors (Lipinski definition) is 2. The van der Waals surface area contributed by atoms with Gasteiger partial charge in [0.2, 0.25) is 0 Å². The molecule has 1 aromatic rings. The molecule has 0 saturated heterocycles. The van der Waals surface area contributed by atoms with Crippen LogP contribution in [0.25, 0.3) is 5.57 Å². The van der Waals surface area contributed by atoms with Crippen LogP contribution in [0.2, 0.25) is 0 Å². The molecule has 33 heavy (non-hydrogen) atoms. The van der Waals surface area contributed by atoms with Crippen LogP contribution in [0.3, 0.4) is 0 Å². The van der Waals surface area contributed by atoms with E-state index in [1.165, 1.54) is 39.0 Å². The molecule has 0 spiro atoms. The van der Waals surface area contributed by atoms with Gasteiger partial charge in [-0.3, -0.25) is 0 Å². The number of nitrogens with two attached hydrogens (primary N) is 2. The first kappa shape index (κ1) is 23.7. The first-order valence-electron chi connectivity index (χ1n) is 12.7. The molecule has 174 valence electrons. The molecule has 5 unspecified atom stereocenters. The van der Waals surface area contributed by atoms with E-state index in [1.807, 2.05) is 0 Å². The molecule has 1 aromatic carbocycles. The Kier molecular flexibility index (Phi) is 7.36. The van der Waals surface area contributed by atoms with Crippen LogP contribution in [0.4, 0.5) is 0 Å². The smallest absolute Gasteiger partial charge is 0.0333 e. The van der Waals surface area contributed by atoms with Gasteiger partial charge in [0.25, 0.3) is 0 Å². The molecule has 0 bridgehead atoms. The summed E-state index contributed by atoms with van der Waals surface area (Å²) in [6.07, 6.45) is 20.7. The van der Waals surface area contributed by atoms with Crippen molar-refractivity contribution in [1.29, 1.82) is 0 Å². The Morgan fingerprint density at radius 2 is 1.67 bits per heavy atom. The van der Waals surface area contributed by atoms with Gasteiger partial charge in [0, 0.05) is 18.0 Å². The van der Waals surface area contributed by atoms with Crippen LogP contribution in [-0.2, 0) is 0 Å². The Labute approximate surface area is 200 Å². The minimum absolute atomic E-state index is 0.112. The van der Waals surface area contributed by atoms with Gasteiger partial charge in [0.05, 0.1) is 0 Å². The van der Waals surface area contributed by atoms with E-state index in [0.29, 0.717) is 11.8 Å². The van der Waals surface area contributed by atoms with E-state index in [2.05, 4.69) is 94.5 Å². The van der Waals surface area contributed by atoms with E-state index < -0.39 is 0 Å². The van der Waals surface area contributed by atoms with Crippen molar-refractivity contribution in [3.8, 4) is 0 Å². The molecule has 0 heterocycles. The van der Waals surface area contributed by atoms with Crippen molar-refractivity contribution in [3.63, 3.8) is 0 Å². The minimum atomic E-state index is 0.112. The fourth-order valence-corrected chi connectivity index (χ4v) is 5.54. The van der Waals surface area contributed by atoms with Crippen LogP contribution < -0.4 is 11.5 Å². The summed E-state index contributed by atoms with van der Waals surface area (Å²) in [6, 6.07) is 9.44. The average molecular weight is 441 g/mol. The zero-order valence-electron chi connectivity index (χ0n) is 20.7. The van der Waals surface area contributed by atoms with Crippen LogP contribution >= 0.6 is 0 Å². The summed E-state index contributed by atoms with van der Waals surface area (Å²) in [6.45, 7) is 8.88. The van der Waals surface area contributed by atoms with Crippen LogP contribution in [0, 0.1) is 11.8 Å². The van der Waals surface area contributed by atoms with E-state index in [4.69, 9.17) is 11.5 Å². The summed E-state index contributed by atoms with van der Waals surface area (Å²) >= 11 is 0. The first-order chi connectivity index (χ1) is 15.9. The van der Waals surface area contributed by atoms with Gasteiger partial charge in [0.1, 0.15) is 0 Å². The lowest BCUT2D eigenvalue weighted by Crippen LogP contribution is -2.33. The lowest BCUT2D eigenvalue weighted by molar-refractivity contribution is 0.524. The van der Waals surface area contributed by atoms with Crippen molar-refractivity contribution in [1.82, 2.24) is 0 Å². The van der Waals surface area contributed by atoms with Crippen LogP contribution in [0.5, 0.6) is 0 Å². The van der Waals surface area contributed by atoms with Crippen molar-refractivity contribution in [2.24, 2.45) is 23.3 Å². The van der Waals surface area contributed by atoms with Gasteiger partial charge < -0.3 is 11.5 Å². The molecule has 2 nitrogen and oxygen atoms in total. The van der Waals surface area contributed by atoms with Crippen LogP contribution in [0.15, 0.2) is 89.1 Å². The van der Waals surface area contributed by atoms with Crippen molar-refractivity contribution in [2.75, 3.05) is 0 Å². The zero-order chi connectivity index (χ0) is 23.5. The van der Waals surface area contributed by atoms with Gasteiger partial charge in [0.15, 0.2) is 0 Å². The molecule has 5 atom stereocenters. The van der Waals surface area contributed by atoms with E-state index >= 15 is 0 Å². The number of benzene rings is 1. The third kappa shape index (κ3) is 4.93. The Bertz CT molecular complexity index is 1040. The van der Waals surface area contributed by atoms with Gasteiger partial charge in [-0.05, 0) is 72.3 Å². The zero-order valence-corrected chi connectivity index (χ0v) is 20.7. The topological polar surface area (TPSA) is 52.0 Å². The molecular formula is C31H40N2. The molecule has 4 N–H and O–H groups in total. The number of allylic oxidation sites excluding steroid dienone is 8. The highest BCUT2D eigenvalue weighted by Gasteiger charge is 2.29. The highest BCUT2D eigenvalue weighted by molar-refractivity contribution is 5.75. The molecule has 2 heteroatoms. The minimum Gasteiger partial charge on any atom is -0.324 e. The Morgan fingerprint density at radius 1 is 0.939 bits per heavy atom. The van der Waals surface area contributed by atoms with Gasteiger partial charge >= 0.3 is 0 Å². The molecule has 0 saturated carbocycles. The SMILES string of the molecule is CCC1=CC(C(C2=CC(CC)C(N)C(C)=C2)c2ccc(C3=CCCC=C3)cc2)=CC(C)C1N. The monoisotopic (exact) mass is 440 g/mol. The highest BCUT2D eigenvalue weighted by atomic mass is 14.7. The van der Waals surface area contributed by atoms with Crippen molar-refractivity contribution >= 4 is 5.57 Å². The first-order valence-corrected chi connectivity index (χ1v) is 12.7. The summed E-state index contributed by atoms with van der Waals surface area (Å²) in [5, 5.41) is 0. The average Bonchev–Trinajstić information content (AvgIpc) is 2.84. The molecular weight excluding hydrogens is 400 g/mol. The van der Waals surface area contributed by atoms with Crippen molar-refractivity contribution in [3.05, 3.63) is 100 Å². The fraction of sp³-hybridized carbons (Fsp3) is 0.419. The van der Waals surface area contributed by atoms with Crippen LogP contribution in [-0.4, -0.2) is 12.1 Å². The standard InChI is InChI=1S/C31H40N2/c1-5-22-18-27(16-20(3)30(22)32)29(28-17-21(4)31(33)23(6-2)19-28)26-14-12-25(13-15-26)24-10-8-7-9-11-24/h8,10-20,23,29-31H,5-7,9,32-33H2,1-4H3. The summed E-state index contributed by atoms with van der Waals surface area (Å²) in [5.74, 6) is 0.906. The summed E-state index contributed by atoms with van der Waals surface area (Å²) in [5.41, 5.74) is 22.4. The quantitative estimate of drug-likeness (QED) is 0.501. The third-order valence-corrected chi connectivity index (χ3v) is 7.71. The van der Waals surface area contributed by atoms with Gasteiger partial charge in [-0.1, -0.05) is 98.7 Å². The van der Waals surface area contributed by atoms with E-state index in [0.717, 1.165) is 25.7 Å². The fourth-order valence-electron chi connectivity index (χ4n) is 5.54. The molecule has 0 fully saturated rings. The number of rotatable bonds is 6. The molecule has 0 amide bonds.